The lowest BCUT2D eigenvalue weighted by Gasteiger charge is -2.24. The molecule has 0 spiro atoms. The van der Waals surface area contributed by atoms with Crippen LogP contribution in [-0.4, -0.2) is 22.8 Å². The molecule has 0 saturated heterocycles. The highest BCUT2D eigenvalue weighted by Crippen LogP contribution is 2.44. The van der Waals surface area contributed by atoms with Gasteiger partial charge in [-0.3, -0.25) is 9.59 Å². The van der Waals surface area contributed by atoms with E-state index in [2.05, 4.69) is 0 Å². The van der Waals surface area contributed by atoms with Gasteiger partial charge in [-0.15, -0.1) is 0 Å². The average Bonchev–Trinajstić information content (AvgIpc) is 2.48. The van der Waals surface area contributed by atoms with E-state index in [-0.39, 0.29) is 18.2 Å². The number of anilines is 1. The van der Waals surface area contributed by atoms with Gasteiger partial charge in [0.15, 0.2) is 5.60 Å². The van der Waals surface area contributed by atoms with Crippen LogP contribution in [0.1, 0.15) is 32.8 Å². The van der Waals surface area contributed by atoms with Crippen LogP contribution in [0.3, 0.4) is 0 Å². The molecule has 19 heavy (non-hydrogen) atoms. The van der Waals surface area contributed by atoms with Gasteiger partial charge in [-0.1, -0.05) is 11.6 Å². The second-order valence-electron chi connectivity index (χ2n) is 5.17. The maximum Gasteiger partial charge on any atom is 0.264 e. The van der Waals surface area contributed by atoms with E-state index in [1.54, 1.807) is 18.2 Å². The van der Waals surface area contributed by atoms with Gasteiger partial charge in [0.25, 0.3) is 5.91 Å². The zero-order chi connectivity index (χ0) is 14.4. The highest BCUT2D eigenvalue weighted by atomic mass is 35.5. The molecule has 1 amide bonds. The van der Waals surface area contributed by atoms with Crippen molar-refractivity contribution in [1.82, 2.24) is 0 Å². The van der Waals surface area contributed by atoms with Gasteiger partial charge in [-0.25, -0.2) is 0 Å². The maximum atomic E-state index is 12.5. The van der Waals surface area contributed by atoms with Crippen molar-refractivity contribution in [1.29, 1.82) is 0 Å². The number of ketones is 1. The number of carbonyl (C=O) groups is 2. The normalized spacial score (nSPS) is 22.0. The Bertz CT molecular complexity index is 556. The second-order valence-corrected chi connectivity index (χ2v) is 5.61. The van der Waals surface area contributed by atoms with Gasteiger partial charge in [-0.05, 0) is 39.0 Å². The second kappa shape index (κ2) is 4.62. The van der Waals surface area contributed by atoms with E-state index < -0.39 is 11.5 Å². The van der Waals surface area contributed by atoms with Crippen molar-refractivity contribution >= 4 is 29.0 Å². The average molecular weight is 282 g/mol. The molecule has 0 aromatic heterocycles. The van der Waals surface area contributed by atoms with Crippen molar-refractivity contribution in [2.45, 2.75) is 38.8 Å². The molecule has 0 radical (unpaired) electrons. The van der Waals surface area contributed by atoms with E-state index >= 15 is 0 Å². The predicted molar refractivity (Wildman–Crippen MR) is 73.3 cm³/mol. The summed E-state index contributed by atoms with van der Waals surface area (Å²) in [5.41, 5.74) is -0.766. The van der Waals surface area contributed by atoms with Crippen molar-refractivity contribution in [3.8, 4) is 0 Å². The minimum absolute atomic E-state index is 0.103. The van der Waals surface area contributed by atoms with Gasteiger partial charge in [0.05, 0.1) is 5.69 Å². The zero-order valence-electron chi connectivity index (χ0n) is 11.1. The first-order chi connectivity index (χ1) is 8.77. The van der Waals surface area contributed by atoms with Gasteiger partial charge in [0, 0.05) is 23.0 Å². The van der Waals surface area contributed by atoms with Crippen LogP contribution >= 0.6 is 11.6 Å². The highest BCUT2D eigenvalue weighted by molar-refractivity contribution is 6.31. The summed E-state index contributed by atoms with van der Waals surface area (Å²) in [5.74, 6) is -0.706. The van der Waals surface area contributed by atoms with E-state index in [1.165, 1.54) is 11.8 Å². The first-order valence-electron chi connectivity index (χ1n) is 6.13. The minimum atomic E-state index is -1.80. The van der Waals surface area contributed by atoms with Crippen LogP contribution in [0.25, 0.3) is 0 Å². The summed E-state index contributed by atoms with van der Waals surface area (Å²) in [6, 6.07) is 4.82. The number of hydrogen-bond donors (Lipinski definition) is 1. The predicted octanol–water partition coefficient (Wildman–Crippen LogP) is 2.26. The summed E-state index contributed by atoms with van der Waals surface area (Å²) in [4.78, 5) is 25.3. The topological polar surface area (TPSA) is 57.6 Å². The van der Waals surface area contributed by atoms with E-state index in [0.717, 1.165) is 0 Å². The lowest BCUT2D eigenvalue weighted by molar-refractivity contribution is -0.141. The highest BCUT2D eigenvalue weighted by Gasteiger charge is 2.51. The third-order valence-corrected chi connectivity index (χ3v) is 3.49. The molecule has 4 nitrogen and oxygen atoms in total. The monoisotopic (exact) mass is 281 g/mol. The van der Waals surface area contributed by atoms with E-state index in [0.29, 0.717) is 16.3 Å². The van der Waals surface area contributed by atoms with Crippen LogP contribution in [0, 0.1) is 0 Å². The van der Waals surface area contributed by atoms with Gasteiger partial charge < -0.3 is 10.0 Å². The Kier molecular flexibility index (Phi) is 3.41. The van der Waals surface area contributed by atoms with Gasteiger partial charge >= 0.3 is 0 Å². The minimum Gasteiger partial charge on any atom is -0.375 e. The quantitative estimate of drug-likeness (QED) is 0.924. The summed E-state index contributed by atoms with van der Waals surface area (Å²) >= 11 is 5.94. The Morgan fingerprint density at radius 2 is 2.11 bits per heavy atom. The molecule has 1 aromatic rings. The third-order valence-electron chi connectivity index (χ3n) is 3.26. The molecular weight excluding hydrogens is 266 g/mol. The fourth-order valence-corrected chi connectivity index (χ4v) is 2.69. The molecule has 1 aromatic carbocycles. The number of aliphatic hydroxyl groups is 1. The fraction of sp³-hybridized carbons (Fsp3) is 0.429. The lowest BCUT2D eigenvalue weighted by atomic mass is 9.90. The van der Waals surface area contributed by atoms with E-state index in [1.807, 2.05) is 13.8 Å². The van der Waals surface area contributed by atoms with Crippen molar-refractivity contribution in [3.05, 3.63) is 28.8 Å². The van der Waals surface area contributed by atoms with Crippen LogP contribution in [0.2, 0.25) is 5.02 Å². The molecule has 0 aliphatic carbocycles. The molecular formula is C14H16ClNO3. The summed E-state index contributed by atoms with van der Waals surface area (Å²) in [6.45, 7) is 5.07. The number of halogens is 1. The van der Waals surface area contributed by atoms with Crippen molar-refractivity contribution in [2.24, 2.45) is 0 Å². The first-order valence-corrected chi connectivity index (χ1v) is 6.50. The summed E-state index contributed by atoms with van der Waals surface area (Å²) in [7, 11) is 0. The number of carbonyl (C=O) groups excluding carboxylic acids is 2. The Labute approximate surface area is 117 Å². The van der Waals surface area contributed by atoms with Crippen LogP contribution < -0.4 is 4.90 Å². The van der Waals surface area contributed by atoms with Crippen molar-refractivity contribution in [3.63, 3.8) is 0 Å². The molecule has 2 rings (SSSR count). The standard InChI is InChI=1S/C14H16ClNO3/c1-8(2)16-12-5-4-10(15)6-11(12)14(19,13(16)18)7-9(3)17/h4-6,8,19H,7H2,1-3H3. The largest absolute Gasteiger partial charge is 0.375 e. The molecule has 1 aliphatic heterocycles. The van der Waals surface area contributed by atoms with Crippen LogP contribution in [0.4, 0.5) is 5.69 Å². The number of Topliss-reactive ketones (excluding diaryl/α,β-unsaturated/α-hetero) is 1. The number of benzene rings is 1. The SMILES string of the molecule is CC(=O)CC1(O)C(=O)N(C(C)C)c2ccc(Cl)cc21. The Morgan fingerprint density at radius 3 is 2.63 bits per heavy atom. The Hall–Kier alpha value is -1.39. The Morgan fingerprint density at radius 1 is 1.47 bits per heavy atom. The molecule has 102 valence electrons. The number of hydrogen-bond acceptors (Lipinski definition) is 3. The number of nitrogens with zero attached hydrogens (tertiary/aromatic N) is 1. The summed E-state index contributed by atoms with van der Waals surface area (Å²) in [6.07, 6.45) is -0.234. The first kappa shape index (κ1) is 14.0. The smallest absolute Gasteiger partial charge is 0.264 e. The molecule has 1 N–H and O–H groups in total. The van der Waals surface area contributed by atoms with Crippen molar-refractivity contribution in [2.75, 3.05) is 4.90 Å². The summed E-state index contributed by atoms with van der Waals surface area (Å²) < 4.78 is 0. The van der Waals surface area contributed by atoms with Crippen LogP contribution in [0.5, 0.6) is 0 Å². The third kappa shape index (κ3) is 2.15. The Balaban J connectivity index is 2.63. The molecule has 0 fully saturated rings. The van der Waals surface area contributed by atoms with Crippen LogP contribution in [-0.2, 0) is 15.2 Å². The van der Waals surface area contributed by atoms with Gasteiger partial charge in [-0.2, -0.15) is 0 Å². The number of rotatable bonds is 3. The molecule has 1 aliphatic rings. The van der Waals surface area contributed by atoms with E-state index in [9.17, 15) is 14.7 Å². The molecule has 0 bridgehead atoms. The van der Waals surface area contributed by atoms with Crippen molar-refractivity contribution < 1.29 is 14.7 Å². The molecule has 1 atom stereocenters. The summed E-state index contributed by atoms with van der Waals surface area (Å²) in [5, 5.41) is 11.1. The fourth-order valence-electron chi connectivity index (χ4n) is 2.52. The number of fused-ring (bicyclic) bond motifs is 1. The van der Waals surface area contributed by atoms with Crippen LogP contribution in [0.15, 0.2) is 18.2 Å². The molecule has 1 heterocycles. The zero-order valence-corrected chi connectivity index (χ0v) is 11.9. The molecule has 1 unspecified atom stereocenters. The lowest BCUT2D eigenvalue weighted by Crippen LogP contribution is -2.44. The molecule has 5 heteroatoms. The molecule has 0 saturated carbocycles. The maximum absolute atomic E-state index is 12.5. The van der Waals surface area contributed by atoms with Gasteiger partial charge in [0.1, 0.15) is 5.78 Å². The number of amides is 1. The van der Waals surface area contributed by atoms with Gasteiger partial charge in [0.2, 0.25) is 0 Å². The van der Waals surface area contributed by atoms with E-state index in [4.69, 9.17) is 11.6 Å².